The van der Waals surface area contributed by atoms with E-state index in [0.717, 1.165) is 20.3 Å². The lowest BCUT2D eigenvalue weighted by Gasteiger charge is -2.06. The fourth-order valence-corrected chi connectivity index (χ4v) is 2.64. The highest BCUT2D eigenvalue weighted by Gasteiger charge is 2.02. The number of nitrogens with zero attached hydrogens (tertiary/aromatic N) is 1. The fraction of sp³-hybridized carbons (Fsp3) is 0.0476. The standard InChI is InChI=1S/C21H17IN2O2/c22-19-10-6-16(7-11-19)14-23-24-21(25)15-26-20-12-8-18(9-13-20)17-4-2-1-3-5-17/h1-14H,15H2,(H,24,25)/b23-14-. The van der Waals surface area contributed by atoms with Crippen LogP contribution in [0.5, 0.6) is 5.75 Å². The van der Waals surface area contributed by atoms with Gasteiger partial charge in [-0.15, -0.1) is 0 Å². The summed E-state index contributed by atoms with van der Waals surface area (Å²) in [6.45, 7) is -0.0886. The minimum atomic E-state index is -0.307. The molecule has 0 aliphatic heterocycles. The van der Waals surface area contributed by atoms with Gasteiger partial charge in [0.05, 0.1) is 6.21 Å². The SMILES string of the molecule is O=C(COc1ccc(-c2ccccc2)cc1)N/N=C\c1ccc(I)cc1. The van der Waals surface area contributed by atoms with E-state index in [2.05, 4.69) is 45.3 Å². The lowest BCUT2D eigenvalue weighted by atomic mass is 10.1. The molecule has 0 spiro atoms. The molecule has 130 valence electrons. The molecule has 3 rings (SSSR count). The molecule has 0 aliphatic rings. The Bertz CT molecular complexity index is 876. The van der Waals surface area contributed by atoms with Gasteiger partial charge < -0.3 is 4.74 Å². The number of hydrazone groups is 1. The predicted molar refractivity (Wildman–Crippen MR) is 112 cm³/mol. The minimum absolute atomic E-state index is 0.0886. The van der Waals surface area contributed by atoms with Crippen molar-refractivity contribution in [3.05, 3.63) is 88.0 Å². The van der Waals surface area contributed by atoms with E-state index < -0.39 is 0 Å². The summed E-state index contributed by atoms with van der Waals surface area (Å²) >= 11 is 2.24. The zero-order valence-corrected chi connectivity index (χ0v) is 16.1. The van der Waals surface area contributed by atoms with Crippen LogP contribution in [0.25, 0.3) is 11.1 Å². The maximum atomic E-state index is 11.8. The van der Waals surface area contributed by atoms with Gasteiger partial charge in [-0.05, 0) is 63.5 Å². The number of nitrogens with one attached hydrogen (secondary N) is 1. The first-order chi connectivity index (χ1) is 12.7. The monoisotopic (exact) mass is 456 g/mol. The van der Waals surface area contributed by atoms with Crippen molar-refractivity contribution < 1.29 is 9.53 Å². The molecule has 5 heteroatoms. The number of hydrogen-bond acceptors (Lipinski definition) is 3. The largest absolute Gasteiger partial charge is 0.484 e. The Labute approximate surface area is 166 Å². The van der Waals surface area contributed by atoms with Crippen LogP contribution in [-0.2, 0) is 4.79 Å². The van der Waals surface area contributed by atoms with Crippen LogP contribution in [0, 0.1) is 3.57 Å². The molecule has 0 heterocycles. The molecule has 0 aliphatic carbocycles. The van der Waals surface area contributed by atoms with Crippen LogP contribution in [-0.4, -0.2) is 18.7 Å². The predicted octanol–water partition coefficient (Wildman–Crippen LogP) is 4.49. The maximum Gasteiger partial charge on any atom is 0.277 e. The lowest BCUT2D eigenvalue weighted by Crippen LogP contribution is -2.24. The summed E-state index contributed by atoms with van der Waals surface area (Å²) in [4.78, 5) is 11.8. The molecule has 0 unspecified atom stereocenters. The minimum Gasteiger partial charge on any atom is -0.484 e. The van der Waals surface area contributed by atoms with Gasteiger partial charge >= 0.3 is 0 Å². The highest BCUT2D eigenvalue weighted by Crippen LogP contribution is 2.21. The van der Waals surface area contributed by atoms with Gasteiger partial charge in [-0.2, -0.15) is 5.10 Å². The third kappa shape index (κ3) is 5.42. The second-order valence-electron chi connectivity index (χ2n) is 5.52. The zero-order chi connectivity index (χ0) is 18.2. The van der Waals surface area contributed by atoms with Crippen LogP contribution in [0.1, 0.15) is 5.56 Å². The highest BCUT2D eigenvalue weighted by molar-refractivity contribution is 14.1. The molecule has 0 radical (unpaired) electrons. The Morgan fingerprint density at radius 1 is 0.923 bits per heavy atom. The lowest BCUT2D eigenvalue weighted by molar-refractivity contribution is -0.123. The average molecular weight is 456 g/mol. The topological polar surface area (TPSA) is 50.7 Å². The molecule has 3 aromatic rings. The van der Waals surface area contributed by atoms with E-state index in [1.165, 1.54) is 0 Å². The summed E-state index contributed by atoms with van der Waals surface area (Å²) < 4.78 is 6.64. The second-order valence-corrected chi connectivity index (χ2v) is 6.77. The molecule has 0 saturated carbocycles. The molecular weight excluding hydrogens is 439 g/mol. The number of halogens is 1. The Balaban J connectivity index is 1.47. The third-order valence-electron chi connectivity index (χ3n) is 3.60. The van der Waals surface area contributed by atoms with Crippen molar-refractivity contribution in [1.82, 2.24) is 5.43 Å². The van der Waals surface area contributed by atoms with Crippen LogP contribution < -0.4 is 10.2 Å². The molecular formula is C21H17IN2O2. The van der Waals surface area contributed by atoms with Gasteiger partial charge in [0.1, 0.15) is 5.75 Å². The van der Waals surface area contributed by atoms with E-state index in [1.54, 1.807) is 6.21 Å². The Hall–Kier alpha value is -2.67. The molecule has 1 N–H and O–H groups in total. The van der Waals surface area contributed by atoms with Gasteiger partial charge in [0.15, 0.2) is 6.61 Å². The maximum absolute atomic E-state index is 11.8. The van der Waals surface area contributed by atoms with Crippen LogP contribution >= 0.6 is 22.6 Å². The van der Waals surface area contributed by atoms with Gasteiger partial charge in [0.25, 0.3) is 5.91 Å². The van der Waals surface area contributed by atoms with E-state index in [9.17, 15) is 4.79 Å². The molecule has 0 atom stereocenters. The summed E-state index contributed by atoms with van der Waals surface area (Å²) in [5, 5.41) is 3.93. The first-order valence-corrected chi connectivity index (χ1v) is 9.14. The van der Waals surface area contributed by atoms with Gasteiger partial charge in [0.2, 0.25) is 0 Å². The van der Waals surface area contributed by atoms with Crippen molar-refractivity contribution in [2.45, 2.75) is 0 Å². The summed E-state index contributed by atoms with van der Waals surface area (Å²) in [6.07, 6.45) is 1.60. The number of carbonyl (C=O) groups is 1. The van der Waals surface area contributed by atoms with Crippen LogP contribution in [0.3, 0.4) is 0 Å². The van der Waals surface area contributed by atoms with Gasteiger partial charge in [-0.25, -0.2) is 5.43 Å². The van der Waals surface area contributed by atoms with E-state index in [4.69, 9.17) is 4.74 Å². The number of benzene rings is 3. The number of rotatable bonds is 6. The van der Waals surface area contributed by atoms with Crippen molar-refractivity contribution >= 4 is 34.7 Å². The smallest absolute Gasteiger partial charge is 0.277 e. The first-order valence-electron chi connectivity index (χ1n) is 8.06. The van der Waals surface area contributed by atoms with Gasteiger partial charge in [-0.3, -0.25) is 4.79 Å². The average Bonchev–Trinajstić information content (AvgIpc) is 2.69. The van der Waals surface area contributed by atoms with Crippen LogP contribution in [0.2, 0.25) is 0 Å². The number of amides is 1. The molecule has 1 amide bonds. The summed E-state index contributed by atoms with van der Waals surface area (Å²) in [5.74, 6) is 0.334. The van der Waals surface area contributed by atoms with Crippen LogP contribution in [0.4, 0.5) is 0 Å². The molecule has 26 heavy (non-hydrogen) atoms. The van der Waals surface area contributed by atoms with Gasteiger partial charge in [-0.1, -0.05) is 54.6 Å². The number of carbonyl (C=O) groups excluding carboxylic acids is 1. The molecule has 0 fully saturated rings. The summed E-state index contributed by atoms with van der Waals surface area (Å²) in [7, 11) is 0. The van der Waals surface area contributed by atoms with Crippen molar-refractivity contribution in [3.8, 4) is 16.9 Å². The summed E-state index contributed by atoms with van der Waals surface area (Å²) in [5.41, 5.74) is 5.62. The molecule has 0 aromatic heterocycles. The Kier molecular flexibility index (Phi) is 6.38. The fourth-order valence-electron chi connectivity index (χ4n) is 2.28. The molecule has 0 saturated heterocycles. The molecule has 4 nitrogen and oxygen atoms in total. The number of hydrogen-bond donors (Lipinski definition) is 1. The first kappa shape index (κ1) is 18.1. The third-order valence-corrected chi connectivity index (χ3v) is 4.32. The van der Waals surface area contributed by atoms with Crippen molar-refractivity contribution in [2.75, 3.05) is 6.61 Å². The quantitative estimate of drug-likeness (QED) is 0.338. The highest BCUT2D eigenvalue weighted by atomic mass is 127. The second kappa shape index (κ2) is 9.15. The van der Waals surface area contributed by atoms with Crippen molar-refractivity contribution in [3.63, 3.8) is 0 Å². The van der Waals surface area contributed by atoms with Gasteiger partial charge in [0, 0.05) is 3.57 Å². The number of ether oxygens (including phenoxy) is 1. The van der Waals surface area contributed by atoms with Crippen LogP contribution in [0.15, 0.2) is 84.0 Å². The Morgan fingerprint density at radius 2 is 1.58 bits per heavy atom. The van der Waals surface area contributed by atoms with E-state index in [1.807, 2.05) is 66.7 Å². The molecule has 0 bridgehead atoms. The molecule has 3 aromatic carbocycles. The Morgan fingerprint density at radius 3 is 2.27 bits per heavy atom. The van der Waals surface area contributed by atoms with E-state index in [-0.39, 0.29) is 12.5 Å². The summed E-state index contributed by atoms with van der Waals surface area (Å²) in [6, 6.07) is 25.6. The van der Waals surface area contributed by atoms with E-state index in [0.29, 0.717) is 5.75 Å². The van der Waals surface area contributed by atoms with E-state index >= 15 is 0 Å². The zero-order valence-electron chi connectivity index (χ0n) is 13.9. The van der Waals surface area contributed by atoms with Crippen molar-refractivity contribution in [2.24, 2.45) is 5.10 Å². The van der Waals surface area contributed by atoms with Crippen molar-refractivity contribution in [1.29, 1.82) is 0 Å². The normalized spacial score (nSPS) is 10.7.